The van der Waals surface area contributed by atoms with Crippen molar-refractivity contribution in [2.75, 3.05) is 0 Å². The van der Waals surface area contributed by atoms with Crippen molar-refractivity contribution in [3.63, 3.8) is 0 Å². The first-order chi connectivity index (χ1) is 5.29. The van der Waals surface area contributed by atoms with Crippen LogP contribution < -0.4 is 0 Å². The standard InChI is InChI=1S/C9H16O2/c10-8-5-4-6-2-1-3-7(8)9(6)11/h6-11H,1-5H2/t6-,7+,8-,9+/m0/s1. The lowest BCUT2D eigenvalue weighted by Crippen LogP contribution is -2.44. The summed E-state index contributed by atoms with van der Waals surface area (Å²) < 4.78 is 0. The molecule has 0 aliphatic heterocycles. The Morgan fingerprint density at radius 3 is 2.45 bits per heavy atom. The van der Waals surface area contributed by atoms with Crippen molar-refractivity contribution in [3.8, 4) is 0 Å². The molecule has 0 aromatic rings. The zero-order valence-corrected chi connectivity index (χ0v) is 6.74. The van der Waals surface area contributed by atoms with Crippen LogP contribution in [0.3, 0.4) is 0 Å². The summed E-state index contributed by atoms with van der Waals surface area (Å²) in [5.74, 6) is 0.694. The molecule has 0 radical (unpaired) electrons. The second-order valence-electron chi connectivity index (χ2n) is 3.99. The Morgan fingerprint density at radius 2 is 1.73 bits per heavy atom. The third-order valence-corrected chi connectivity index (χ3v) is 3.36. The number of aliphatic hydroxyl groups excluding tert-OH is 2. The summed E-state index contributed by atoms with van der Waals surface area (Å²) in [4.78, 5) is 0. The highest BCUT2D eigenvalue weighted by molar-refractivity contribution is 4.90. The van der Waals surface area contributed by atoms with Crippen molar-refractivity contribution < 1.29 is 10.2 Å². The molecule has 0 amide bonds. The van der Waals surface area contributed by atoms with E-state index >= 15 is 0 Å². The van der Waals surface area contributed by atoms with Gasteiger partial charge in [0.15, 0.2) is 0 Å². The van der Waals surface area contributed by atoms with Crippen molar-refractivity contribution >= 4 is 0 Å². The first kappa shape index (κ1) is 7.56. The molecule has 0 aromatic carbocycles. The van der Waals surface area contributed by atoms with Crippen LogP contribution in [0.5, 0.6) is 0 Å². The largest absolute Gasteiger partial charge is 0.393 e. The molecule has 64 valence electrons. The number of fused-ring (bicyclic) bond motifs is 2. The number of rotatable bonds is 0. The molecule has 2 rings (SSSR count). The van der Waals surface area contributed by atoms with E-state index in [1.165, 1.54) is 12.8 Å². The third kappa shape index (κ3) is 1.18. The van der Waals surface area contributed by atoms with Crippen LogP contribution in [0.25, 0.3) is 0 Å². The van der Waals surface area contributed by atoms with Gasteiger partial charge in [-0.2, -0.15) is 0 Å². The minimum Gasteiger partial charge on any atom is -0.393 e. The zero-order valence-electron chi connectivity index (χ0n) is 6.74. The van der Waals surface area contributed by atoms with Gasteiger partial charge in [-0.3, -0.25) is 0 Å². The van der Waals surface area contributed by atoms with E-state index in [1.807, 2.05) is 0 Å². The lowest BCUT2D eigenvalue weighted by Gasteiger charge is -2.42. The topological polar surface area (TPSA) is 40.5 Å². The molecule has 2 fully saturated rings. The summed E-state index contributed by atoms with van der Waals surface area (Å²) in [5.41, 5.74) is 0. The van der Waals surface area contributed by atoms with Crippen molar-refractivity contribution in [2.24, 2.45) is 11.8 Å². The predicted octanol–water partition coefficient (Wildman–Crippen LogP) is 0.918. The molecule has 2 saturated carbocycles. The van der Waals surface area contributed by atoms with E-state index in [2.05, 4.69) is 0 Å². The van der Waals surface area contributed by atoms with Gasteiger partial charge in [0.25, 0.3) is 0 Å². The Bertz CT molecular complexity index is 146. The lowest BCUT2D eigenvalue weighted by atomic mass is 9.69. The molecule has 2 heteroatoms. The second kappa shape index (κ2) is 2.76. The molecule has 11 heavy (non-hydrogen) atoms. The maximum absolute atomic E-state index is 9.70. The van der Waals surface area contributed by atoms with Gasteiger partial charge >= 0.3 is 0 Å². The van der Waals surface area contributed by atoms with Crippen LogP contribution in [0.4, 0.5) is 0 Å². The third-order valence-electron chi connectivity index (χ3n) is 3.36. The van der Waals surface area contributed by atoms with Gasteiger partial charge in [-0.15, -0.1) is 0 Å². The molecule has 2 aliphatic rings. The highest BCUT2D eigenvalue weighted by Gasteiger charge is 2.39. The molecule has 2 nitrogen and oxygen atoms in total. The maximum Gasteiger partial charge on any atom is 0.0621 e. The molecule has 4 atom stereocenters. The average molecular weight is 156 g/mol. The van der Waals surface area contributed by atoms with E-state index in [0.29, 0.717) is 5.92 Å². The Morgan fingerprint density at radius 1 is 0.909 bits per heavy atom. The Hall–Kier alpha value is -0.0800. The quantitative estimate of drug-likeness (QED) is 0.547. The van der Waals surface area contributed by atoms with Crippen LogP contribution in [-0.4, -0.2) is 22.4 Å². The molecule has 2 bridgehead atoms. The van der Waals surface area contributed by atoms with E-state index in [0.717, 1.165) is 19.3 Å². The van der Waals surface area contributed by atoms with Crippen molar-refractivity contribution in [1.82, 2.24) is 0 Å². The highest BCUT2D eigenvalue weighted by Crippen LogP contribution is 2.39. The molecular weight excluding hydrogens is 140 g/mol. The number of aliphatic hydroxyl groups is 2. The van der Waals surface area contributed by atoms with Crippen LogP contribution >= 0.6 is 0 Å². The molecule has 0 aromatic heterocycles. The maximum atomic E-state index is 9.70. The number of hydrogen-bond donors (Lipinski definition) is 2. The number of hydrogen-bond acceptors (Lipinski definition) is 2. The Kier molecular flexibility index (Phi) is 1.90. The monoisotopic (exact) mass is 156 g/mol. The van der Waals surface area contributed by atoms with Gasteiger partial charge in [0, 0.05) is 5.92 Å². The van der Waals surface area contributed by atoms with Crippen molar-refractivity contribution in [3.05, 3.63) is 0 Å². The molecular formula is C9H16O2. The summed E-state index contributed by atoms with van der Waals surface area (Å²) in [5, 5.41) is 19.2. The Labute approximate surface area is 67.2 Å². The molecule has 0 unspecified atom stereocenters. The van der Waals surface area contributed by atoms with Crippen molar-refractivity contribution in [1.29, 1.82) is 0 Å². The van der Waals surface area contributed by atoms with Gasteiger partial charge in [0.1, 0.15) is 0 Å². The summed E-state index contributed by atoms with van der Waals surface area (Å²) in [7, 11) is 0. The summed E-state index contributed by atoms with van der Waals surface area (Å²) in [6.45, 7) is 0. The summed E-state index contributed by atoms with van der Waals surface area (Å²) >= 11 is 0. The zero-order chi connectivity index (χ0) is 7.84. The molecule has 0 spiro atoms. The summed E-state index contributed by atoms with van der Waals surface area (Å²) in [6, 6.07) is 0. The van der Waals surface area contributed by atoms with Gasteiger partial charge in [-0.25, -0.2) is 0 Å². The summed E-state index contributed by atoms with van der Waals surface area (Å²) in [6.07, 6.45) is 4.91. The minimum absolute atomic E-state index is 0.197. The first-order valence-electron chi connectivity index (χ1n) is 4.65. The van der Waals surface area contributed by atoms with Gasteiger partial charge in [-0.1, -0.05) is 6.42 Å². The molecule has 2 N–H and O–H groups in total. The van der Waals surface area contributed by atoms with E-state index in [4.69, 9.17) is 0 Å². The SMILES string of the molecule is O[C@@H]1[C@H]2CCC[C@@H]1[C@@H](O)CC2. The van der Waals surface area contributed by atoms with E-state index in [1.54, 1.807) is 0 Å². The fourth-order valence-electron chi connectivity index (χ4n) is 2.64. The fraction of sp³-hybridized carbons (Fsp3) is 1.00. The molecule has 0 heterocycles. The van der Waals surface area contributed by atoms with Gasteiger partial charge in [0.2, 0.25) is 0 Å². The minimum atomic E-state index is -0.221. The van der Waals surface area contributed by atoms with E-state index < -0.39 is 0 Å². The van der Waals surface area contributed by atoms with Gasteiger partial charge < -0.3 is 10.2 Å². The van der Waals surface area contributed by atoms with E-state index in [-0.39, 0.29) is 18.1 Å². The second-order valence-corrected chi connectivity index (χ2v) is 3.99. The van der Waals surface area contributed by atoms with Crippen molar-refractivity contribution in [2.45, 2.75) is 44.3 Å². The van der Waals surface area contributed by atoms with Crippen LogP contribution in [0, 0.1) is 11.8 Å². The van der Waals surface area contributed by atoms with Crippen LogP contribution in [0.2, 0.25) is 0 Å². The van der Waals surface area contributed by atoms with Gasteiger partial charge in [0.05, 0.1) is 12.2 Å². The predicted molar refractivity (Wildman–Crippen MR) is 42.1 cm³/mol. The van der Waals surface area contributed by atoms with Gasteiger partial charge in [-0.05, 0) is 31.6 Å². The molecule has 2 aliphatic carbocycles. The van der Waals surface area contributed by atoms with Crippen LogP contribution in [-0.2, 0) is 0 Å². The first-order valence-corrected chi connectivity index (χ1v) is 4.65. The van der Waals surface area contributed by atoms with E-state index in [9.17, 15) is 10.2 Å². The van der Waals surface area contributed by atoms with Crippen LogP contribution in [0.1, 0.15) is 32.1 Å². The van der Waals surface area contributed by atoms with Crippen LogP contribution in [0.15, 0.2) is 0 Å². The lowest BCUT2D eigenvalue weighted by molar-refractivity contribution is -0.0810. The normalized spacial score (nSPS) is 50.7. The fourth-order valence-corrected chi connectivity index (χ4v) is 2.64. The smallest absolute Gasteiger partial charge is 0.0621 e. The Balaban J connectivity index is 2.09. The highest BCUT2D eigenvalue weighted by atomic mass is 16.3. The molecule has 0 saturated heterocycles. The average Bonchev–Trinajstić information content (AvgIpc) is 1.98.